The van der Waals surface area contributed by atoms with E-state index in [-0.39, 0.29) is 11.9 Å². The van der Waals surface area contributed by atoms with Gasteiger partial charge in [0.15, 0.2) is 0 Å². The van der Waals surface area contributed by atoms with Crippen LogP contribution in [0.15, 0.2) is 41.9 Å². The van der Waals surface area contributed by atoms with Crippen molar-refractivity contribution in [2.75, 3.05) is 36.8 Å². The monoisotopic (exact) mass is 391 g/mol. The smallest absolute Gasteiger partial charge is 0.274 e. The highest BCUT2D eigenvalue weighted by molar-refractivity contribution is 7.16. The zero-order chi connectivity index (χ0) is 19.1. The molecule has 0 saturated carbocycles. The van der Waals surface area contributed by atoms with Crippen LogP contribution < -0.4 is 10.6 Å². The second-order valence-corrected chi connectivity index (χ2v) is 7.46. The first-order chi connectivity index (χ1) is 13.7. The highest BCUT2D eigenvalue weighted by Crippen LogP contribution is 2.29. The molecule has 0 bridgehead atoms. The van der Waals surface area contributed by atoms with E-state index in [0.29, 0.717) is 31.9 Å². The van der Waals surface area contributed by atoms with Crippen molar-refractivity contribution >= 4 is 50.3 Å². The molecule has 0 aliphatic carbocycles. The molecule has 140 valence electrons. The number of anilines is 2. The maximum Gasteiger partial charge on any atom is 0.274 e. The molecular weight excluding hydrogens is 374 g/mol. The van der Waals surface area contributed by atoms with Gasteiger partial charge < -0.3 is 15.5 Å². The summed E-state index contributed by atoms with van der Waals surface area (Å²) in [4.78, 5) is 35.2. The second-order valence-electron chi connectivity index (χ2n) is 6.57. The fourth-order valence-electron chi connectivity index (χ4n) is 3.44. The largest absolute Gasteiger partial charge is 0.368 e. The summed E-state index contributed by atoms with van der Waals surface area (Å²) < 4.78 is 0. The Morgan fingerprint density at radius 2 is 1.79 bits per heavy atom. The van der Waals surface area contributed by atoms with Gasteiger partial charge in [0.2, 0.25) is 5.95 Å². The van der Waals surface area contributed by atoms with Crippen LogP contribution in [0.2, 0.25) is 0 Å². The minimum Gasteiger partial charge on any atom is -0.368 e. The Morgan fingerprint density at radius 1 is 1.00 bits per heavy atom. The van der Waals surface area contributed by atoms with Crippen molar-refractivity contribution in [2.45, 2.75) is 0 Å². The highest BCUT2D eigenvalue weighted by atomic mass is 32.1. The topological polar surface area (TPSA) is 101 Å². The quantitative estimate of drug-likeness (QED) is 0.559. The zero-order valence-electron chi connectivity index (χ0n) is 14.9. The van der Waals surface area contributed by atoms with E-state index in [9.17, 15) is 4.79 Å². The third-order valence-electron chi connectivity index (χ3n) is 4.86. The Bertz CT molecular complexity index is 1180. The number of hydrogen-bond donors (Lipinski definition) is 1. The van der Waals surface area contributed by atoms with Crippen LogP contribution in [0.4, 0.5) is 11.8 Å². The number of piperazine rings is 1. The molecule has 1 saturated heterocycles. The molecule has 4 heterocycles. The van der Waals surface area contributed by atoms with Crippen LogP contribution in [0.25, 0.3) is 21.3 Å². The number of hydrogen-bond acceptors (Lipinski definition) is 8. The molecule has 8 nitrogen and oxygen atoms in total. The molecule has 0 atom stereocenters. The van der Waals surface area contributed by atoms with Gasteiger partial charge in [-0.3, -0.25) is 9.78 Å². The maximum atomic E-state index is 12.9. The van der Waals surface area contributed by atoms with Crippen LogP contribution in [0, 0.1) is 0 Å². The number of fused-ring (bicyclic) bond motifs is 2. The Balaban J connectivity index is 1.34. The molecule has 1 aromatic carbocycles. The molecule has 4 aromatic rings. The van der Waals surface area contributed by atoms with E-state index >= 15 is 0 Å². The van der Waals surface area contributed by atoms with Crippen molar-refractivity contribution in [2.24, 2.45) is 0 Å². The Morgan fingerprint density at radius 3 is 2.61 bits per heavy atom. The SMILES string of the molecule is Nc1nc(N2CCN(C(=O)c3cnc4ccccc4n3)CC2)c2ccsc2n1. The van der Waals surface area contributed by atoms with E-state index in [4.69, 9.17) is 5.73 Å². The highest BCUT2D eigenvalue weighted by Gasteiger charge is 2.25. The molecule has 1 aliphatic rings. The van der Waals surface area contributed by atoms with E-state index < -0.39 is 0 Å². The van der Waals surface area contributed by atoms with E-state index in [1.165, 1.54) is 0 Å². The molecule has 1 fully saturated rings. The van der Waals surface area contributed by atoms with Crippen molar-refractivity contribution in [1.29, 1.82) is 0 Å². The van der Waals surface area contributed by atoms with Gasteiger partial charge in [0.1, 0.15) is 16.3 Å². The second kappa shape index (κ2) is 6.68. The molecule has 0 unspecified atom stereocenters. The van der Waals surface area contributed by atoms with Gasteiger partial charge in [-0.15, -0.1) is 11.3 Å². The molecule has 1 aliphatic heterocycles. The molecule has 5 rings (SSSR count). The molecule has 0 spiro atoms. The van der Waals surface area contributed by atoms with Crippen molar-refractivity contribution in [3.8, 4) is 0 Å². The van der Waals surface area contributed by atoms with E-state index in [1.807, 2.05) is 40.6 Å². The Hall–Kier alpha value is -3.33. The molecule has 0 radical (unpaired) electrons. The van der Waals surface area contributed by atoms with Crippen LogP contribution in [0.1, 0.15) is 10.5 Å². The summed E-state index contributed by atoms with van der Waals surface area (Å²) >= 11 is 1.55. The minimum atomic E-state index is -0.0965. The summed E-state index contributed by atoms with van der Waals surface area (Å²) in [6.45, 7) is 2.52. The average molecular weight is 391 g/mol. The number of amides is 1. The summed E-state index contributed by atoms with van der Waals surface area (Å²) in [6, 6.07) is 9.55. The van der Waals surface area contributed by atoms with Gasteiger partial charge in [0.05, 0.1) is 22.6 Å². The van der Waals surface area contributed by atoms with Gasteiger partial charge in [0.25, 0.3) is 5.91 Å². The molecule has 3 aromatic heterocycles. The third-order valence-corrected chi connectivity index (χ3v) is 5.66. The third kappa shape index (κ3) is 2.89. The number of para-hydroxylation sites is 2. The molecule has 28 heavy (non-hydrogen) atoms. The first kappa shape index (κ1) is 16.8. The van der Waals surface area contributed by atoms with Crippen molar-refractivity contribution < 1.29 is 4.79 Å². The van der Waals surface area contributed by atoms with Gasteiger partial charge in [0, 0.05) is 26.2 Å². The number of carbonyl (C=O) groups is 1. The van der Waals surface area contributed by atoms with Crippen molar-refractivity contribution in [1.82, 2.24) is 24.8 Å². The standard InChI is InChI=1S/C19H17N7OS/c20-19-23-16(12-5-10-28-17(12)24-19)25-6-8-26(9-7-25)18(27)15-11-21-13-3-1-2-4-14(13)22-15/h1-5,10-11H,6-9H2,(H2,20,23,24). The van der Waals surface area contributed by atoms with Crippen LogP contribution >= 0.6 is 11.3 Å². The predicted molar refractivity (Wildman–Crippen MR) is 109 cm³/mol. The molecule has 2 N–H and O–H groups in total. The number of rotatable bonds is 2. The Kier molecular flexibility index (Phi) is 4.01. The lowest BCUT2D eigenvalue weighted by atomic mass is 10.2. The fraction of sp³-hybridized carbons (Fsp3) is 0.211. The summed E-state index contributed by atoms with van der Waals surface area (Å²) in [5.74, 6) is 1.01. The van der Waals surface area contributed by atoms with Crippen LogP contribution in [0.5, 0.6) is 0 Å². The fourth-order valence-corrected chi connectivity index (χ4v) is 4.21. The van der Waals surface area contributed by atoms with Crippen LogP contribution in [-0.4, -0.2) is 56.9 Å². The first-order valence-corrected chi connectivity index (χ1v) is 9.84. The van der Waals surface area contributed by atoms with Crippen molar-refractivity contribution in [3.05, 3.63) is 47.6 Å². The summed E-state index contributed by atoms with van der Waals surface area (Å²) in [6.07, 6.45) is 1.55. The number of benzene rings is 1. The van der Waals surface area contributed by atoms with Gasteiger partial charge in [-0.25, -0.2) is 9.97 Å². The predicted octanol–water partition coefficient (Wildman–Crippen LogP) is 2.18. The first-order valence-electron chi connectivity index (χ1n) is 8.96. The summed E-state index contributed by atoms with van der Waals surface area (Å²) in [5.41, 5.74) is 7.75. The number of nitrogens with two attached hydrogens (primary N) is 1. The summed E-state index contributed by atoms with van der Waals surface area (Å²) in [5, 5.41) is 2.99. The lowest BCUT2D eigenvalue weighted by Crippen LogP contribution is -2.49. The van der Waals surface area contributed by atoms with Gasteiger partial charge in [-0.1, -0.05) is 12.1 Å². The maximum absolute atomic E-state index is 12.9. The van der Waals surface area contributed by atoms with Crippen LogP contribution in [0.3, 0.4) is 0 Å². The van der Waals surface area contributed by atoms with Gasteiger partial charge in [-0.05, 0) is 23.6 Å². The van der Waals surface area contributed by atoms with E-state index in [1.54, 1.807) is 17.5 Å². The van der Waals surface area contributed by atoms with E-state index in [2.05, 4.69) is 24.8 Å². The number of nitrogens with zero attached hydrogens (tertiary/aromatic N) is 6. The summed E-state index contributed by atoms with van der Waals surface area (Å²) in [7, 11) is 0. The zero-order valence-corrected chi connectivity index (χ0v) is 15.8. The number of aromatic nitrogens is 4. The van der Waals surface area contributed by atoms with E-state index in [0.717, 1.165) is 27.1 Å². The lowest BCUT2D eigenvalue weighted by Gasteiger charge is -2.35. The molecule has 1 amide bonds. The van der Waals surface area contributed by atoms with Gasteiger partial charge in [-0.2, -0.15) is 4.98 Å². The van der Waals surface area contributed by atoms with Crippen molar-refractivity contribution in [3.63, 3.8) is 0 Å². The Labute approximate surface area is 164 Å². The normalized spacial score (nSPS) is 14.7. The average Bonchev–Trinajstić information content (AvgIpc) is 3.21. The minimum absolute atomic E-state index is 0.0965. The molecule has 9 heteroatoms. The number of thiophene rings is 1. The van der Waals surface area contributed by atoms with Gasteiger partial charge >= 0.3 is 0 Å². The van der Waals surface area contributed by atoms with Crippen LogP contribution in [-0.2, 0) is 0 Å². The number of nitrogen functional groups attached to an aromatic ring is 1. The lowest BCUT2D eigenvalue weighted by molar-refractivity contribution is 0.0740. The molecular formula is C19H17N7OS. The number of carbonyl (C=O) groups excluding carboxylic acids is 1.